The lowest BCUT2D eigenvalue weighted by Crippen LogP contribution is -2.23. The first-order chi connectivity index (χ1) is 17.1. The molecule has 1 unspecified atom stereocenters. The number of methoxy groups -OCH3 is 4. The van der Waals surface area contributed by atoms with Crippen molar-refractivity contribution >= 4 is 23.6 Å². The molecule has 0 N–H and O–H groups in total. The minimum Gasteiger partial charge on any atom is -0.497 e. The summed E-state index contributed by atoms with van der Waals surface area (Å²) in [6.45, 7) is 0. The van der Waals surface area contributed by atoms with Gasteiger partial charge in [-0.3, -0.25) is 5.01 Å². The van der Waals surface area contributed by atoms with E-state index in [-0.39, 0.29) is 6.04 Å². The minimum atomic E-state index is 0.0418. The SMILES string of the molecule is COc1ccc(OC)c(C=CC2=NN(c3ccccc3)C(C=Cc3cc(OC)ccc3OC)C2)c1. The number of nitrogens with zero attached hydrogens (tertiary/aromatic N) is 2. The van der Waals surface area contributed by atoms with Crippen LogP contribution in [0.3, 0.4) is 0 Å². The van der Waals surface area contributed by atoms with Crippen LogP contribution in [0.2, 0.25) is 0 Å². The van der Waals surface area contributed by atoms with E-state index in [9.17, 15) is 0 Å². The van der Waals surface area contributed by atoms with Crippen LogP contribution in [0.25, 0.3) is 12.2 Å². The summed E-state index contributed by atoms with van der Waals surface area (Å²) in [5.41, 5.74) is 3.87. The maximum Gasteiger partial charge on any atom is 0.126 e. The topological polar surface area (TPSA) is 52.5 Å². The van der Waals surface area contributed by atoms with Gasteiger partial charge in [0.25, 0.3) is 0 Å². The highest BCUT2D eigenvalue weighted by Crippen LogP contribution is 2.30. The molecule has 0 saturated carbocycles. The summed E-state index contributed by atoms with van der Waals surface area (Å²) < 4.78 is 21.8. The normalized spacial score (nSPS) is 15.5. The number of benzene rings is 3. The molecule has 0 aliphatic carbocycles. The van der Waals surface area contributed by atoms with E-state index < -0.39 is 0 Å². The molecule has 3 aromatic carbocycles. The molecule has 0 amide bonds. The fourth-order valence-electron chi connectivity index (χ4n) is 3.98. The van der Waals surface area contributed by atoms with Crippen LogP contribution in [0.15, 0.2) is 84.0 Å². The van der Waals surface area contributed by atoms with E-state index in [1.807, 2.05) is 71.8 Å². The van der Waals surface area contributed by atoms with Gasteiger partial charge in [0.2, 0.25) is 0 Å². The summed E-state index contributed by atoms with van der Waals surface area (Å²) in [6.07, 6.45) is 9.02. The Kier molecular flexibility index (Phi) is 7.73. The van der Waals surface area contributed by atoms with Crippen LogP contribution in [0.1, 0.15) is 17.5 Å². The Bertz CT molecular complexity index is 1230. The van der Waals surface area contributed by atoms with Crippen LogP contribution < -0.4 is 24.0 Å². The average Bonchev–Trinajstić information content (AvgIpc) is 3.33. The van der Waals surface area contributed by atoms with E-state index in [0.717, 1.165) is 51.9 Å². The molecule has 0 aromatic heterocycles. The van der Waals surface area contributed by atoms with E-state index in [2.05, 4.69) is 24.3 Å². The molecule has 4 rings (SSSR count). The molecule has 0 fully saturated rings. The largest absolute Gasteiger partial charge is 0.497 e. The van der Waals surface area contributed by atoms with E-state index in [1.54, 1.807) is 28.4 Å². The zero-order valence-corrected chi connectivity index (χ0v) is 20.5. The second-order valence-corrected chi connectivity index (χ2v) is 7.95. The fraction of sp³-hybridized carbons (Fsp3) is 0.207. The van der Waals surface area contributed by atoms with Crippen LogP contribution in [0, 0.1) is 0 Å². The van der Waals surface area contributed by atoms with Crippen LogP contribution in [0.4, 0.5) is 5.69 Å². The molecule has 1 atom stereocenters. The van der Waals surface area contributed by atoms with Crippen LogP contribution >= 0.6 is 0 Å². The van der Waals surface area contributed by atoms with Gasteiger partial charge in [-0.1, -0.05) is 30.4 Å². The van der Waals surface area contributed by atoms with Crippen molar-refractivity contribution in [3.63, 3.8) is 0 Å². The molecule has 1 heterocycles. The van der Waals surface area contributed by atoms with Crippen molar-refractivity contribution < 1.29 is 18.9 Å². The Morgan fingerprint density at radius 3 is 1.89 bits per heavy atom. The maximum absolute atomic E-state index is 5.54. The van der Waals surface area contributed by atoms with Crippen molar-refractivity contribution in [2.75, 3.05) is 33.4 Å². The van der Waals surface area contributed by atoms with Crippen LogP contribution in [-0.4, -0.2) is 40.2 Å². The predicted molar refractivity (Wildman–Crippen MR) is 142 cm³/mol. The average molecular weight is 471 g/mol. The van der Waals surface area contributed by atoms with Gasteiger partial charge < -0.3 is 18.9 Å². The third kappa shape index (κ3) is 5.66. The first-order valence-corrected chi connectivity index (χ1v) is 11.4. The number of allylic oxidation sites excluding steroid dienone is 1. The highest BCUT2D eigenvalue weighted by atomic mass is 16.5. The number of anilines is 1. The molecule has 3 aromatic rings. The van der Waals surface area contributed by atoms with Gasteiger partial charge in [-0.25, -0.2) is 0 Å². The van der Waals surface area contributed by atoms with Gasteiger partial charge in [0.15, 0.2) is 0 Å². The third-order valence-corrected chi connectivity index (χ3v) is 5.82. The van der Waals surface area contributed by atoms with Gasteiger partial charge in [0.1, 0.15) is 23.0 Å². The molecule has 0 saturated heterocycles. The number of hydrazone groups is 1. The van der Waals surface area contributed by atoms with Crippen molar-refractivity contribution in [2.45, 2.75) is 12.5 Å². The molecule has 1 aliphatic heterocycles. The minimum absolute atomic E-state index is 0.0418. The lowest BCUT2D eigenvalue weighted by molar-refractivity contribution is 0.402. The second kappa shape index (κ2) is 11.3. The van der Waals surface area contributed by atoms with Gasteiger partial charge in [0.05, 0.1) is 45.9 Å². The second-order valence-electron chi connectivity index (χ2n) is 7.95. The van der Waals surface area contributed by atoms with Crippen LogP contribution in [0.5, 0.6) is 23.0 Å². The summed E-state index contributed by atoms with van der Waals surface area (Å²) in [5.74, 6) is 3.13. The Labute approximate surface area is 206 Å². The van der Waals surface area contributed by atoms with Crippen molar-refractivity contribution in [3.05, 3.63) is 90.0 Å². The van der Waals surface area contributed by atoms with Gasteiger partial charge in [-0.2, -0.15) is 5.10 Å². The predicted octanol–water partition coefficient (Wildman–Crippen LogP) is 6.08. The van der Waals surface area contributed by atoms with Crippen molar-refractivity contribution in [3.8, 4) is 23.0 Å². The summed E-state index contributed by atoms with van der Waals surface area (Å²) in [5, 5.41) is 6.97. The molecular weight excluding hydrogens is 440 g/mol. The fourth-order valence-corrected chi connectivity index (χ4v) is 3.98. The number of ether oxygens (including phenoxy) is 4. The zero-order valence-electron chi connectivity index (χ0n) is 20.5. The zero-order chi connectivity index (χ0) is 24.6. The molecule has 0 spiro atoms. The Morgan fingerprint density at radius 1 is 0.714 bits per heavy atom. The summed E-state index contributed by atoms with van der Waals surface area (Å²) in [4.78, 5) is 0. The molecule has 0 bridgehead atoms. The number of hydrogen-bond acceptors (Lipinski definition) is 6. The Morgan fingerprint density at radius 2 is 1.31 bits per heavy atom. The standard InChI is InChI=1S/C29H30N2O4/c1-32-26-14-16-28(34-3)21(18-26)10-12-23-20-25(31(30-23)24-8-6-5-7-9-24)13-11-22-19-27(33-2)15-17-29(22)35-4/h5-19,25H,20H2,1-4H3. The molecule has 35 heavy (non-hydrogen) atoms. The Balaban J connectivity index is 1.63. The highest BCUT2D eigenvalue weighted by molar-refractivity contribution is 6.01. The van der Waals surface area contributed by atoms with E-state index in [0.29, 0.717) is 0 Å². The summed E-state index contributed by atoms with van der Waals surface area (Å²) >= 11 is 0. The third-order valence-electron chi connectivity index (χ3n) is 5.82. The highest BCUT2D eigenvalue weighted by Gasteiger charge is 2.24. The molecular formula is C29H30N2O4. The monoisotopic (exact) mass is 470 g/mol. The van der Waals surface area contributed by atoms with Crippen molar-refractivity contribution in [1.29, 1.82) is 0 Å². The van der Waals surface area contributed by atoms with E-state index in [1.165, 1.54) is 0 Å². The van der Waals surface area contributed by atoms with E-state index in [4.69, 9.17) is 24.0 Å². The smallest absolute Gasteiger partial charge is 0.126 e. The lowest BCUT2D eigenvalue weighted by Gasteiger charge is -2.21. The van der Waals surface area contributed by atoms with Crippen LogP contribution in [-0.2, 0) is 0 Å². The van der Waals surface area contributed by atoms with E-state index >= 15 is 0 Å². The molecule has 6 heteroatoms. The van der Waals surface area contributed by atoms with Crippen molar-refractivity contribution in [2.24, 2.45) is 5.10 Å². The first-order valence-electron chi connectivity index (χ1n) is 11.4. The summed E-state index contributed by atoms with van der Waals surface area (Å²) in [7, 11) is 6.65. The number of hydrogen-bond donors (Lipinski definition) is 0. The summed E-state index contributed by atoms with van der Waals surface area (Å²) in [6, 6.07) is 21.7. The van der Waals surface area contributed by atoms with Crippen molar-refractivity contribution in [1.82, 2.24) is 0 Å². The number of rotatable bonds is 9. The first kappa shape index (κ1) is 24.0. The lowest BCUT2D eigenvalue weighted by atomic mass is 10.1. The van der Waals surface area contributed by atoms with Gasteiger partial charge in [-0.05, 0) is 60.7 Å². The Hall–Kier alpha value is -4.19. The van der Waals surface area contributed by atoms with Gasteiger partial charge >= 0.3 is 0 Å². The van der Waals surface area contributed by atoms with Gasteiger partial charge in [-0.15, -0.1) is 0 Å². The maximum atomic E-state index is 5.54. The quantitative estimate of drug-likeness (QED) is 0.379. The number of para-hydroxylation sites is 1. The molecule has 1 aliphatic rings. The molecule has 0 radical (unpaired) electrons. The molecule has 180 valence electrons. The van der Waals surface area contributed by atoms with Gasteiger partial charge in [0, 0.05) is 17.5 Å². The molecule has 6 nitrogen and oxygen atoms in total.